The van der Waals surface area contributed by atoms with Crippen LogP contribution in [0.3, 0.4) is 0 Å². The Morgan fingerprint density at radius 1 is 1.40 bits per heavy atom. The molecule has 0 bridgehead atoms. The summed E-state index contributed by atoms with van der Waals surface area (Å²) in [6.45, 7) is 0.0292. The van der Waals surface area contributed by atoms with Crippen molar-refractivity contribution in [3.63, 3.8) is 0 Å². The standard InChI is InChI=1S/C9H11BrO4S/c1-13-9-4-3-7(5-8(9)10)6-14-15(2,11)12/h3-5H,6H2,1-2H3. The predicted octanol–water partition coefficient (Wildman–Crippen LogP) is 1.93. The maximum atomic E-state index is 10.8. The van der Waals surface area contributed by atoms with Crippen molar-refractivity contribution in [2.75, 3.05) is 13.4 Å². The Kier molecular flexibility index (Phi) is 4.12. The highest BCUT2D eigenvalue weighted by Crippen LogP contribution is 2.25. The van der Waals surface area contributed by atoms with Gasteiger partial charge in [-0.1, -0.05) is 6.07 Å². The zero-order valence-electron chi connectivity index (χ0n) is 8.36. The molecule has 1 aromatic rings. The first-order valence-electron chi connectivity index (χ1n) is 4.09. The van der Waals surface area contributed by atoms with Crippen LogP contribution in [0.4, 0.5) is 0 Å². The van der Waals surface area contributed by atoms with Crippen LogP contribution in [0.15, 0.2) is 22.7 Å². The first-order valence-corrected chi connectivity index (χ1v) is 6.70. The van der Waals surface area contributed by atoms with Crippen LogP contribution < -0.4 is 4.74 Å². The SMILES string of the molecule is COc1ccc(COS(C)(=O)=O)cc1Br. The summed E-state index contributed by atoms with van der Waals surface area (Å²) in [6.07, 6.45) is 1.02. The van der Waals surface area contributed by atoms with E-state index in [2.05, 4.69) is 20.1 Å². The molecule has 84 valence electrons. The van der Waals surface area contributed by atoms with Crippen LogP contribution >= 0.6 is 15.9 Å². The van der Waals surface area contributed by atoms with E-state index in [0.717, 1.165) is 16.3 Å². The van der Waals surface area contributed by atoms with Gasteiger partial charge < -0.3 is 4.74 Å². The van der Waals surface area contributed by atoms with Crippen LogP contribution in [-0.4, -0.2) is 21.8 Å². The lowest BCUT2D eigenvalue weighted by Crippen LogP contribution is -2.02. The predicted molar refractivity (Wildman–Crippen MR) is 60.3 cm³/mol. The van der Waals surface area contributed by atoms with E-state index in [1.165, 1.54) is 0 Å². The molecule has 0 N–H and O–H groups in total. The van der Waals surface area contributed by atoms with Crippen molar-refractivity contribution in [1.29, 1.82) is 0 Å². The quantitative estimate of drug-likeness (QED) is 0.797. The molecule has 0 aliphatic rings. The molecule has 0 unspecified atom stereocenters. The Hall–Kier alpha value is -0.590. The van der Waals surface area contributed by atoms with E-state index in [1.807, 2.05) is 0 Å². The second-order valence-electron chi connectivity index (χ2n) is 2.94. The average Bonchev–Trinajstić information content (AvgIpc) is 2.14. The van der Waals surface area contributed by atoms with Crippen molar-refractivity contribution >= 4 is 26.0 Å². The number of ether oxygens (including phenoxy) is 1. The summed E-state index contributed by atoms with van der Waals surface area (Å²) in [4.78, 5) is 0. The van der Waals surface area contributed by atoms with E-state index in [-0.39, 0.29) is 6.61 Å². The van der Waals surface area contributed by atoms with E-state index < -0.39 is 10.1 Å². The fourth-order valence-electron chi connectivity index (χ4n) is 0.975. The van der Waals surface area contributed by atoms with Crippen LogP contribution in [0, 0.1) is 0 Å². The lowest BCUT2D eigenvalue weighted by atomic mass is 10.2. The van der Waals surface area contributed by atoms with E-state index in [4.69, 9.17) is 4.74 Å². The van der Waals surface area contributed by atoms with Gasteiger partial charge in [-0.25, -0.2) is 0 Å². The highest BCUT2D eigenvalue weighted by atomic mass is 79.9. The third-order valence-corrected chi connectivity index (χ3v) is 2.82. The van der Waals surface area contributed by atoms with Gasteiger partial charge in [0.1, 0.15) is 5.75 Å². The van der Waals surface area contributed by atoms with Gasteiger partial charge in [0, 0.05) is 0 Å². The van der Waals surface area contributed by atoms with Crippen LogP contribution in [0.2, 0.25) is 0 Å². The number of rotatable bonds is 4. The van der Waals surface area contributed by atoms with Crippen molar-refractivity contribution in [3.05, 3.63) is 28.2 Å². The second kappa shape index (κ2) is 4.96. The topological polar surface area (TPSA) is 52.6 Å². The van der Waals surface area contributed by atoms with Gasteiger partial charge in [0.15, 0.2) is 0 Å². The minimum absolute atomic E-state index is 0.0292. The molecular weight excluding hydrogens is 284 g/mol. The van der Waals surface area contributed by atoms with Gasteiger partial charge in [0.05, 0.1) is 24.4 Å². The van der Waals surface area contributed by atoms with E-state index in [0.29, 0.717) is 5.75 Å². The second-order valence-corrected chi connectivity index (χ2v) is 5.43. The number of hydrogen-bond acceptors (Lipinski definition) is 4. The number of benzene rings is 1. The maximum absolute atomic E-state index is 10.8. The maximum Gasteiger partial charge on any atom is 0.264 e. The molecule has 0 fully saturated rings. The van der Waals surface area contributed by atoms with Gasteiger partial charge in [0.25, 0.3) is 10.1 Å². The normalized spacial score (nSPS) is 11.4. The Balaban J connectivity index is 2.76. The molecule has 15 heavy (non-hydrogen) atoms. The lowest BCUT2D eigenvalue weighted by molar-refractivity contribution is 0.311. The summed E-state index contributed by atoms with van der Waals surface area (Å²) in [5.41, 5.74) is 0.758. The molecule has 0 atom stereocenters. The molecule has 0 aliphatic carbocycles. The smallest absolute Gasteiger partial charge is 0.264 e. The van der Waals surface area contributed by atoms with Crippen molar-refractivity contribution in [1.82, 2.24) is 0 Å². The van der Waals surface area contributed by atoms with Gasteiger partial charge in [-0.2, -0.15) is 8.42 Å². The van der Waals surface area contributed by atoms with Crippen LogP contribution in [0.25, 0.3) is 0 Å². The summed E-state index contributed by atoms with van der Waals surface area (Å²) >= 11 is 3.30. The largest absolute Gasteiger partial charge is 0.496 e. The summed E-state index contributed by atoms with van der Waals surface area (Å²) < 4.78 is 32.0. The third-order valence-electron chi connectivity index (χ3n) is 1.66. The average molecular weight is 295 g/mol. The van der Waals surface area contributed by atoms with E-state index in [1.54, 1.807) is 25.3 Å². The van der Waals surface area contributed by atoms with Crippen molar-refractivity contribution in [2.45, 2.75) is 6.61 Å². The van der Waals surface area contributed by atoms with Gasteiger partial charge in [-0.15, -0.1) is 0 Å². The van der Waals surface area contributed by atoms with Crippen LogP contribution in [0.5, 0.6) is 5.75 Å². The molecular formula is C9H11BrO4S. The first kappa shape index (κ1) is 12.5. The van der Waals surface area contributed by atoms with Crippen molar-refractivity contribution in [3.8, 4) is 5.75 Å². The summed E-state index contributed by atoms with van der Waals surface area (Å²) in [5.74, 6) is 0.693. The van der Waals surface area contributed by atoms with Gasteiger partial charge in [-0.05, 0) is 33.6 Å². The molecule has 6 heteroatoms. The highest BCUT2D eigenvalue weighted by molar-refractivity contribution is 9.10. The fraction of sp³-hybridized carbons (Fsp3) is 0.333. The molecule has 0 spiro atoms. The minimum atomic E-state index is -3.40. The number of hydrogen-bond donors (Lipinski definition) is 0. The monoisotopic (exact) mass is 294 g/mol. The van der Waals surface area contributed by atoms with E-state index in [9.17, 15) is 8.42 Å². The molecule has 0 amide bonds. The molecule has 0 aromatic heterocycles. The Morgan fingerprint density at radius 2 is 2.07 bits per heavy atom. The summed E-state index contributed by atoms with van der Waals surface area (Å²) in [7, 11) is -1.84. The Bertz CT molecular complexity index is 441. The van der Waals surface area contributed by atoms with Gasteiger partial charge >= 0.3 is 0 Å². The molecule has 0 radical (unpaired) electrons. The summed E-state index contributed by atoms with van der Waals surface area (Å²) in [5, 5.41) is 0. The molecule has 0 aliphatic heterocycles. The molecule has 1 rings (SSSR count). The molecule has 0 saturated heterocycles. The number of halogens is 1. The third kappa shape index (κ3) is 4.19. The zero-order chi connectivity index (χ0) is 11.5. The van der Waals surface area contributed by atoms with Crippen LogP contribution in [0.1, 0.15) is 5.56 Å². The molecule has 0 heterocycles. The van der Waals surface area contributed by atoms with E-state index >= 15 is 0 Å². The Morgan fingerprint density at radius 3 is 2.53 bits per heavy atom. The lowest BCUT2D eigenvalue weighted by Gasteiger charge is -2.06. The van der Waals surface area contributed by atoms with Crippen molar-refractivity contribution in [2.24, 2.45) is 0 Å². The van der Waals surface area contributed by atoms with Gasteiger partial charge in [-0.3, -0.25) is 4.18 Å². The molecule has 4 nitrogen and oxygen atoms in total. The zero-order valence-corrected chi connectivity index (χ0v) is 10.8. The fourth-order valence-corrected chi connectivity index (χ4v) is 1.91. The highest BCUT2D eigenvalue weighted by Gasteiger charge is 2.05. The van der Waals surface area contributed by atoms with Crippen molar-refractivity contribution < 1.29 is 17.3 Å². The minimum Gasteiger partial charge on any atom is -0.496 e. The number of methoxy groups -OCH3 is 1. The molecule has 1 aromatic carbocycles. The van der Waals surface area contributed by atoms with Crippen LogP contribution in [-0.2, 0) is 20.9 Å². The summed E-state index contributed by atoms with van der Waals surface area (Å²) in [6, 6.07) is 5.24. The first-order chi connectivity index (χ1) is 6.92. The molecule has 0 saturated carbocycles. The Labute approximate surface area is 97.5 Å². The van der Waals surface area contributed by atoms with Gasteiger partial charge in [0.2, 0.25) is 0 Å².